The van der Waals surface area contributed by atoms with Gasteiger partial charge in [0.15, 0.2) is 0 Å². The predicted octanol–water partition coefficient (Wildman–Crippen LogP) is 5.23. The Bertz CT molecular complexity index is 163. The van der Waals surface area contributed by atoms with Gasteiger partial charge in [0.05, 0.1) is 6.10 Å². The van der Waals surface area contributed by atoms with Gasteiger partial charge in [0, 0.05) is 0 Å². The molecule has 0 aliphatic carbocycles. The molecule has 17 heavy (non-hydrogen) atoms. The van der Waals surface area contributed by atoms with Crippen LogP contribution in [0.4, 0.5) is 0 Å². The summed E-state index contributed by atoms with van der Waals surface area (Å²) in [6, 6.07) is 0. The summed E-state index contributed by atoms with van der Waals surface area (Å²) in [5.74, 6) is 0. The van der Waals surface area contributed by atoms with Crippen LogP contribution in [0.5, 0.6) is 0 Å². The minimum Gasteiger partial charge on any atom is -0.393 e. The molecule has 0 heterocycles. The summed E-state index contributed by atoms with van der Waals surface area (Å²) >= 11 is 0. The summed E-state index contributed by atoms with van der Waals surface area (Å²) in [5.41, 5.74) is 0. The molecule has 1 heteroatoms. The lowest BCUT2D eigenvalue weighted by atomic mass is 10.1. The maximum absolute atomic E-state index is 9.66. The first-order valence-corrected chi connectivity index (χ1v) is 7.64. The van der Waals surface area contributed by atoms with Crippen LogP contribution < -0.4 is 0 Å². The van der Waals surface area contributed by atoms with Gasteiger partial charge in [0.25, 0.3) is 0 Å². The molecule has 0 amide bonds. The van der Waals surface area contributed by atoms with Gasteiger partial charge in [-0.15, -0.1) is 0 Å². The smallest absolute Gasteiger partial charge is 0.0540 e. The maximum atomic E-state index is 9.66. The van der Waals surface area contributed by atoms with Crippen LogP contribution in [0.1, 0.15) is 84.5 Å². The van der Waals surface area contributed by atoms with Crippen molar-refractivity contribution < 1.29 is 5.11 Å². The fourth-order valence-corrected chi connectivity index (χ4v) is 1.97. The number of allylic oxidation sites excluding steroid dienone is 2. The third kappa shape index (κ3) is 13.6. The zero-order valence-electron chi connectivity index (χ0n) is 12.0. The number of aliphatic hydroxyl groups excluding tert-OH is 1. The van der Waals surface area contributed by atoms with E-state index < -0.39 is 0 Å². The van der Waals surface area contributed by atoms with Crippen molar-refractivity contribution in [2.24, 2.45) is 0 Å². The number of aliphatic hydroxyl groups is 1. The van der Waals surface area contributed by atoms with E-state index in [0.717, 1.165) is 12.8 Å². The van der Waals surface area contributed by atoms with E-state index in [1.165, 1.54) is 57.8 Å². The molecule has 0 bridgehead atoms. The fraction of sp³-hybridized carbons (Fsp3) is 0.875. The highest BCUT2D eigenvalue weighted by Gasteiger charge is 2.01. The molecule has 1 atom stereocenters. The SMILES string of the molecule is CCCCCC=CCCCCC(O)CCCC. The fourth-order valence-electron chi connectivity index (χ4n) is 1.97. The maximum Gasteiger partial charge on any atom is 0.0540 e. The molecule has 1 unspecified atom stereocenters. The number of rotatable bonds is 12. The molecular formula is C16H32O. The van der Waals surface area contributed by atoms with Crippen molar-refractivity contribution >= 4 is 0 Å². The van der Waals surface area contributed by atoms with Gasteiger partial charge >= 0.3 is 0 Å². The van der Waals surface area contributed by atoms with Gasteiger partial charge < -0.3 is 5.11 Å². The van der Waals surface area contributed by atoms with Crippen LogP contribution >= 0.6 is 0 Å². The van der Waals surface area contributed by atoms with Crippen LogP contribution in [0, 0.1) is 0 Å². The second kappa shape index (κ2) is 13.8. The molecule has 0 aliphatic heterocycles. The summed E-state index contributed by atoms with van der Waals surface area (Å²) in [6.07, 6.45) is 17.8. The Morgan fingerprint density at radius 2 is 1.29 bits per heavy atom. The van der Waals surface area contributed by atoms with Crippen molar-refractivity contribution in [1.29, 1.82) is 0 Å². The van der Waals surface area contributed by atoms with E-state index in [4.69, 9.17) is 0 Å². The lowest BCUT2D eigenvalue weighted by molar-refractivity contribution is 0.148. The molecule has 0 aromatic heterocycles. The molecule has 0 fully saturated rings. The number of hydrogen-bond acceptors (Lipinski definition) is 1. The molecule has 0 aliphatic rings. The number of hydrogen-bond donors (Lipinski definition) is 1. The van der Waals surface area contributed by atoms with Crippen molar-refractivity contribution in [3.05, 3.63) is 12.2 Å². The molecule has 0 rings (SSSR count). The highest BCUT2D eigenvalue weighted by atomic mass is 16.3. The van der Waals surface area contributed by atoms with Crippen LogP contribution in [0.15, 0.2) is 12.2 Å². The number of unbranched alkanes of at least 4 members (excludes halogenated alkanes) is 6. The van der Waals surface area contributed by atoms with Gasteiger partial charge in [-0.25, -0.2) is 0 Å². The van der Waals surface area contributed by atoms with Gasteiger partial charge in [-0.2, -0.15) is 0 Å². The lowest BCUT2D eigenvalue weighted by Gasteiger charge is -2.08. The Hall–Kier alpha value is -0.300. The van der Waals surface area contributed by atoms with Gasteiger partial charge in [-0.05, 0) is 38.5 Å². The summed E-state index contributed by atoms with van der Waals surface area (Å²) in [4.78, 5) is 0. The first kappa shape index (κ1) is 16.7. The van der Waals surface area contributed by atoms with E-state index in [0.29, 0.717) is 0 Å². The summed E-state index contributed by atoms with van der Waals surface area (Å²) in [5, 5.41) is 9.66. The second-order valence-corrected chi connectivity index (χ2v) is 5.05. The zero-order chi connectivity index (χ0) is 12.8. The second-order valence-electron chi connectivity index (χ2n) is 5.05. The Morgan fingerprint density at radius 1 is 0.765 bits per heavy atom. The highest BCUT2D eigenvalue weighted by molar-refractivity contribution is 4.81. The minimum absolute atomic E-state index is 0.0523. The van der Waals surface area contributed by atoms with E-state index in [-0.39, 0.29) is 6.10 Å². The van der Waals surface area contributed by atoms with E-state index in [9.17, 15) is 5.11 Å². The standard InChI is InChI=1S/C16H32O/c1-3-5-7-8-9-10-11-12-13-15-16(17)14-6-4-2/h9-10,16-17H,3-8,11-15H2,1-2H3. The lowest BCUT2D eigenvalue weighted by Crippen LogP contribution is -2.05. The van der Waals surface area contributed by atoms with Crippen LogP contribution in [0.3, 0.4) is 0 Å². The van der Waals surface area contributed by atoms with Crippen molar-refractivity contribution in [3.8, 4) is 0 Å². The van der Waals surface area contributed by atoms with Gasteiger partial charge in [0.2, 0.25) is 0 Å². The average molecular weight is 240 g/mol. The third-order valence-electron chi connectivity index (χ3n) is 3.19. The van der Waals surface area contributed by atoms with E-state index in [2.05, 4.69) is 26.0 Å². The Morgan fingerprint density at radius 3 is 1.88 bits per heavy atom. The molecule has 102 valence electrons. The van der Waals surface area contributed by atoms with Gasteiger partial charge in [0.1, 0.15) is 0 Å². The van der Waals surface area contributed by atoms with Crippen LogP contribution in [0.2, 0.25) is 0 Å². The normalized spacial score (nSPS) is 13.4. The molecule has 1 nitrogen and oxygen atoms in total. The van der Waals surface area contributed by atoms with Crippen molar-refractivity contribution in [2.45, 2.75) is 90.6 Å². The van der Waals surface area contributed by atoms with Crippen molar-refractivity contribution in [2.75, 3.05) is 0 Å². The third-order valence-corrected chi connectivity index (χ3v) is 3.19. The molecule has 1 N–H and O–H groups in total. The molecule has 0 aromatic carbocycles. The van der Waals surface area contributed by atoms with E-state index >= 15 is 0 Å². The summed E-state index contributed by atoms with van der Waals surface area (Å²) in [6.45, 7) is 4.42. The topological polar surface area (TPSA) is 20.2 Å². The predicted molar refractivity (Wildman–Crippen MR) is 77.3 cm³/mol. The monoisotopic (exact) mass is 240 g/mol. The van der Waals surface area contributed by atoms with E-state index in [1.54, 1.807) is 0 Å². The first-order chi connectivity index (χ1) is 8.31. The van der Waals surface area contributed by atoms with Gasteiger partial charge in [-0.3, -0.25) is 0 Å². The molecule has 0 radical (unpaired) electrons. The van der Waals surface area contributed by atoms with Crippen molar-refractivity contribution in [3.63, 3.8) is 0 Å². The van der Waals surface area contributed by atoms with Crippen LogP contribution in [-0.2, 0) is 0 Å². The van der Waals surface area contributed by atoms with Crippen LogP contribution in [0.25, 0.3) is 0 Å². The van der Waals surface area contributed by atoms with Gasteiger partial charge in [-0.1, -0.05) is 58.1 Å². The zero-order valence-corrected chi connectivity index (χ0v) is 12.0. The minimum atomic E-state index is -0.0523. The highest BCUT2D eigenvalue weighted by Crippen LogP contribution is 2.10. The Labute approximate surface area is 108 Å². The summed E-state index contributed by atoms with van der Waals surface area (Å²) in [7, 11) is 0. The quantitative estimate of drug-likeness (QED) is 0.365. The largest absolute Gasteiger partial charge is 0.393 e. The summed E-state index contributed by atoms with van der Waals surface area (Å²) < 4.78 is 0. The average Bonchev–Trinajstić information content (AvgIpc) is 2.34. The molecule has 0 saturated carbocycles. The molecule has 0 saturated heterocycles. The van der Waals surface area contributed by atoms with Crippen LogP contribution in [-0.4, -0.2) is 11.2 Å². The van der Waals surface area contributed by atoms with Crippen molar-refractivity contribution in [1.82, 2.24) is 0 Å². The van der Waals surface area contributed by atoms with E-state index in [1.807, 2.05) is 0 Å². The Kier molecular flexibility index (Phi) is 13.5. The molecule has 0 spiro atoms. The molecular weight excluding hydrogens is 208 g/mol. The molecule has 0 aromatic rings. The first-order valence-electron chi connectivity index (χ1n) is 7.64. The Balaban J connectivity index is 3.16.